The quantitative estimate of drug-likeness (QED) is 0.443. The fourth-order valence-electron chi connectivity index (χ4n) is 1.67. The number of amides is 1. The molecule has 0 aliphatic rings. The SMILES string of the molecule is N#C/C(=C/NCc1ccccn1)C(=O)Nc1ccc(N)cc1. The third kappa shape index (κ3) is 4.35. The lowest BCUT2D eigenvalue weighted by Crippen LogP contribution is -2.16. The number of benzene rings is 1. The van der Waals surface area contributed by atoms with Gasteiger partial charge in [0.1, 0.15) is 11.6 Å². The van der Waals surface area contributed by atoms with Crippen molar-refractivity contribution in [3.05, 3.63) is 66.1 Å². The van der Waals surface area contributed by atoms with Crippen molar-refractivity contribution < 1.29 is 4.79 Å². The van der Waals surface area contributed by atoms with Gasteiger partial charge in [-0.2, -0.15) is 5.26 Å². The Morgan fingerprint density at radius 2 is 2.05 bits per heavy atom. The standard InChI is InChI=1S/C16H15N5O/c17-9-12(10-19-11-15-3-1-2-8-20-15)16(22)21-14-6-4-13(18)5-7-14/h1-8,10,19H,11,18H2,(H,21,22)/b12-10-. The van der Waals surface area contributed by atoms with Gasteiger partial charge in [-0.05, 0) is 36.4 Å². The van der Waals surface area contributed by atoms with Gasteiger partial charge < -0.3 is 16.4 Å². The number of aromatic nitrogens is 1. The van der Waals surface area contributed by atoms with Crippen molar-refractivity contribution in [2.24, 2.45) is 0 Å². The second kappa shape index (κ2) is 7.45. The monoisotopic (exact) mass is 293 g/mol. The van der Waals surface area contributed by atoms with E-state index in [2.05, 4.69) is 15.6 Å². The lowest BCUT2D eigenvalue weighted by molar-refractivity contribution is -0.112. The predicted octanol–water partition coefficient (Wildman–Crippen LogP) is 1.80. The van der Waals surface area contributed by atoms with Gasteiger partial charge in [0.25, 0.3) is 5.91 Å². The Morgan fingerprint density at radius 3 is 2.68 bits per heavy atom. The summed E-state index contributed by atoms with van der Waals surface area (Å²) in [7, 11) is 0. The van der Waals surface area contributed by atoms with Gasteiger partial charge in [-0.3, -0.25) is 9.78 Å². The number of nitrogens with two attached hydrogens (primary N) is 1. The fourth-order valence-corrected chi connectivity index (χ4v) is 1.67. The van der Waals surface area contributed by atoms with Crippen LogP contribution in [0, 0.1) is 11.3 Å². The zero-order valence-corrected chi connectivity index (χ0v) is 11.8. The Hall–Kier alpha value is -3.33. The van der Waals surface area contributed by atoms with Gasteiger partial charge in [-0.25, -0.2) is 0 Å². The number of pyridine rings is 1. The average molecular weight is 293 g/mol. The molecule has 2 aromatic rings. The van der Waals surface area contributed by atoms with Gasteiger partial charge in [0.05, 0.1) is 12.2 Å². The summed E-state index contributed by atoms with van der Waals surface area (Å²) >= 11 is 0. The number of nitrogen functional groups attached to an aromatic ring is 1. The molecular weight excluding hydrogens is 278 g/mol. The molecule has 0 bridgehead atoms. The molecule has 0 fully saturated rings. The normalized spacial score (nSPS) is 10.6. The van der Waals surface area contributed by atoms with E-state index in [9.17, 15) is 4.79 Å². The Balaban J connectivity index is 1.95. The molecule has 0 unspecified atom stereocenters. The van der Waals surface area contributed by atoms with Crippen LogP contribution in [0.2, 0.25) is 0 Å². The first-order valence-electron chi connectivity index (χ1n) is 6.59. The van der Waals surface area contributed by atoms with Crippen LogP contribution in [0.1, 0.15) is 5.69 Å². The zero-order valence-electron chi connectivity index (χ0n) is 11.8. The number of carbonyl (C=O) groups is 1. The smallest absolute Gasteiger partial charge is 0.267 e. The number of anilines is 2. The minimum absolute atomic E-state index is 0.0206. The van der Waals surface area contributed by atoms with E-state index in [4.69, 9.17) is 11.0 Å². The molecule has 1 aromatic heterocycles. The van der Waals surface area contributed by atoms with E-state index in [0.717, 1.165) is 5.69 Å². The van der Waals surface area contributed by atoms with Crippen molar-refractivity contribution in [1.29, 1.82) is 5.26 Å². The average Bonchev–Trinajstić information content (AvgIpc) is 2.54. The van der Waals surface area contributed by atoms with Crippen molar-refractivity contribution >= 4 is 17.3 Å². The van der Waals surface area contributed by atoms with Crippen LogP contribution in [0.3, 0.4) is 0 Å². The van der Waals surface area contributed by atoms with Gasteiger partial charge in [-0.1, -0.05) is 6.07 Å². The van der Waals surface area contributed by atoms with Crippen LogP contribution >= 0.6 is 0 Å². The van der Waals surface area contributed by atoms with Crippen LogP contribution in [0.25, 0.3) is 0 Å². The Morgan fingerprint density at radius 1 is 1.27 bits per heavy atom. The number of hydrogen-bond acceptors (Lipinski definition) is 5. The maximum absolute atomic E-state index is 12.0. The number of rotatable bonds is 5. The molecule has 22 heavy (non-hydrogen) atoms. The molecule has 0 atom stereocenters. The minimum Gasteiger partial charge on any atom is -0.399 e. The maximum Gasteiger partial charge on any atom is 0.267 e. The van der Waals surface area contributed by atoms with Crippen LogP contribution in [0.15, 0.2) is 60.4 Å². The van der Waals surface area contributed by atoms with E-state index in [-0.39, 0.29) is 5.57 Å². The highest BCUT2D eigenvalue weighted by Crippen LogP contribution is 2.11. The van der Waals surface area contributed by atoms with Gasteiger partial charge in [0.15, 0.2) is 0 Å². The summed E-state index contributed by atoms with van der Waals surface area (Å²) in [5.41, 5.74) is 7.54. The van der Waals surface area contributed by atoms with E-state index in [1.165, 1.54) is 6.20 Å². The van der Waals surface area contributed by atoms with E-state index in [1.807, 2.05) is 24.3 Å². The zero-order chi connectivity index (χ0) is 15.8. The third-order valence-electron chi connectivity index (χ3n) is 2.79. The van der Waals surface area contributed by atoms with Crippen molar-refractivity contribution in [1.82, 2.24) is 10.3 Å². The largest absolute Gasteiger partial charge is 0.399 e. The van der Waals surface area contributed by atoms with Crippen LogP contribution in [0.4, 0.5) is 11.4 Å². The Labute approximate surface area is 128 Å². The van der Waals surface area contributed by atoms with E-state index in [0.29, 0.717) is 17.9 Å². The minimum atomic E-state index is -0.485. The number of nitrogens with zero attached hydrogens (tertiary/aromatic N) is 2. The fraction of sp³-hybridized carbons (Fsp3) is 0.0625. The number of hydrogen-bond donors (Lipinski definition) is 3. The first-order valence-corrected chi connectivity index (χ1v) is 6.59. The highest BCUT2D eigenvalue weighted by molar-refractivity contribution is 6.06. The summed E-state index contributed by atoms with van der Waals surface area (Å²) in [6, 6.07) is 14.1. The van der Waals surface area contributed by atoms with Crippen LogP contribution in [-0.2, 0) is 11.3 Å². The molecule has 4 N–H and O–H groups in total. The van der Waals surface area contributed by atoms with E-state index >= 15 is 0 Å². The summed E-state index contributed by atoms with van der Waals surface area (Å²) in [4.78, 5) is 16.1. The van der Waals surface area contributed by atoms with Crippen molar-refractivity contribution in [3.63, 3.8) is 0 Å². The van der Waals surface area contributed by atoms with Crippen molar-refractivity contribution in [3.8, 4) is 6.07 Å². The Kier molecular flexibility index (Phi) is 5.10. The van der Waals surface area contributed by atoms with E-state index < -0.39 is 5.91 Å². The van der Waals surface area contributed by atoms with Gasteiger partial charge >= 0.3 is 0 Å². The molecule has 1 heterocycles. The molecule has 0 saturated heterocycles. The summed E-state index contributed by atoms with van der Waals surface area (Å²) in [6.07, 6.45) is 3.06. The molecule has 0 aliphatic heterocycles. The highest BCUT2D eigenvalue weighted by atomic mass is 16.1. The predicted molar refractivity (Wildman–Crippen MR) is 84.3 cm³/mol. The molecule has 110 valence electrons. The second-order valence-corrected chi connectivity index (χ2v) is 4.45. The molecule has 1 amide bonds. The van der Waals surface area contributed by atoms with Crippen LogP contribution < -0.4 is 16.4 Å². The molecule has 0 aliphatic carbocycles. The number of carbonyl (C=O) groups excluding carboxylic acids is 1. The van der Waals surface area contributed by atoms with Crippen LogP contribution in [-0.4, -0.2) is 10.9 Å². The van der Waals surface area contributed by atoms with Gasteiger partial charge in [0.2, 0.25) is 0 Å². The topological polar surface area (TPSA) is 104 Å². The lowest BCUT2D eigenvalue weighted by Gasteiger charge is -2.05. The van der Waals surface area contributed by atoms with Crippen molar-refractivity contribution in [2.75, 3.05) is 11.1 Å². The molecule has 6 heteroatoms. The third-order valence-corrected chi connectivity index (χ3v) is 2.79. The molecule has 0 saturated carbocycles. The lowest BCUT2D eigenvalue weighted by atomic mass is 10.2. The first kappa shape index (κ1) is 15.1. The molecule has 1 aromatic carbocycles. The maximum atomic E-state index is 12.0. The van der Waals surface area contributed by atoms with Gasteiger partial charge in [-0.15, -0.1) is 0 Å². The first-order chi connectivity index (χ1) is 10.7. The summed E-state index contributed by atoms with van der Waals surface area (Å²) in [6.45, 7) is 0.432. The van der Waals surface area contributed by atoms with Crippen LogP contribution in [0.5, 0.6) is 0 Å². The summed E-state index contributed by atoms with van der Waals surface area (Å²) < 4.78 is 0. The summed E-state index contributed by atoms with van der Waals surface area (Å²) in [5.74, 6) is -0.485. The molecular formula is C16H15N5O. The number of nitrogens with one attached hydrogen (secondary N) is 2. The highest BCUT2D eigenvalue weighted by Gasteiger charge is 2.08. The van der Waals surface area contributed by atoms with E-state index in [1.54, 1.807) is 30.5 Å². The Bertz CT molecular complexity index is 702. The van der Waals surface area contributed by atoms with Gasteiger partial charge in [0, 0.05) is 23.8 Å². The molecule has 6 nitrogen and oxygen atoms in total. The molecule has 0 radical (unpaired) electrons. The molecule has 2 rings (SSSR count). The number of nitriles is 1. The second-order valence-electron chi connectivity index (χ2n) is 4.45. The molecule has 0 spiro atoms. The van der Waals surface area contributed by atoms with Crippen molar-refractivity contribution in [2.45, 2.75) is 6.54 Å². The summed E-state index contributed by atoms with van der Waals surface area (Å²) in [5, 5.41) is 14.6.